The van der Waals surface area contributed by atoms with Crippen LogP contribution in [0.25, 0.3) is 0 Å². The lowest BCUT2D eigenvalue weighted by Gasteiger charge is -2.12. The molecule has 0 amide bonds. The molecule has 3 rings (SSSR count). The van der Waals surface area contributed by atoms with Crippen LogP contribution in [-0.2, 0) is 6.61 Å². The zero-order valence-corrected chi connectivity index (χ0v) is 16.4. The van der Waals surface area contributed by atoms with Crippen LogP contribution >= 0.6 is 12.2 Å². The second-order valence-corrected chi connectivity index (χ2v) is 6.28. The van der Waals surface area contributed by atoms with E-state index >= 15 is 0 Å². The Morgan fingerprint density at radius 2 is 1.96 bits per heavy atom. The van der Waals surface area contributed by atoms with Gasteiger partial charge in [-0.25, -0.2) is 0 Å². The van der Waals surface area contributed by atoms with E-state index in [-0.39, 0.29) is 16.0 Å². The number of rotatable bonds is 7. The Labute approximate surface area is 167 Å². The summed E-state index contributed by atoms with van der Waals surface area (Å²) < 4.78 is 12.8. The quantitative estimate of drug-likeness (QED) is 0.488. The molecule has 7 nitrogen and oxygen atoms in total. The summed E-state index contributed by atoms with van der Waals surface area (Å²) >= 11 is 5.07. The standard InChI is InChI=1S/C20H20N4O3S/c1-3-26-18-11-16(12-21-24-19(25)14(2)22-23-20(24)28)9-10-17(18)27-13-15-7-5-4-6-8-15/h4-12H,3,13H2,1-2H3,(H,23,28)/b21-12-. The summed E-state index contributed by atoms with van der Waals surface area (Å²) in [4.78, 5) is 12.1. The van der Waals surface area contributed by atoms with Crippen molar-refractivity contribution in [1.29, 1.82) is 0 Å². The summed E-state index contributed by atoms with van der Waals surface area (Å²) in [6.07, 6.45) is 1.54. The summed E-state index contributed by atoms with van der Waals surface area (Å²) in [5, 5.41) is 10.6. The third kappa shape index (κ3) is 4.72. The fourth-order valence-corrected chi connectivity index (χ4v) is 2.61. The highest BCUT2D eigenvalue weighted by atomic mass is 32.1. The number of aromatic amines is 1. The van der Waals surface area contributed by atoms with Gasteiger partial charge in [0.1, 0.15) is 12.3 Å². The first-order valence-electron chi connectivity index (χ1n) is 8.74. The molecule has 144 valence electrons. The fourth-order valence-electron chi connectivity index (χ4n) is 2.43. The molecule has 0 unspecified atom stereocenters. The molecule has 0 aliphatic heterocycles. The van der Waals surface area contributed by atoms with Gasteiger partial charge < -0.3 is 9.47 Å². The van der Waals surface area contributed by atoms with E-state index in [4.69, 9.17) is 21.7 Å². The minimum atomic E-state index is -0.368. The molecule has 0 atom stereocenters. The maximum atomic E-state index is 12.1. The average Bonchev–Trinajstić information content (AvgIpc) is 2.71. The molecule has 8 heteroatoms. The summed E-state index contributed by atoms with van der Waals surface area (Å²) in [6.45, 7) is 4.43. The monoisotopic (exact) mass is 396 g/mol. The number of nitrogens with one attached hydrogen (secondary N) is 1. The Hall–Kier alpha value is -3.26. The van der Waals surface area contributed by atoms with Crippen molar-refractivity contribution in [2.75, 3.05) is 6.61 Å². The van der Waals surface area contributed by atoms with E-state index in [1.165, 1.54) is 6.21 Å². The largest absolute Gasteiger partial charge is 0.490 e. The second-order valence-electron chi connectivity index (χ2n) is 5.89. The molecule has 28 heavy (non-hydrogen) atoms. The van der Waals surface area contributed by atoms with Crippen LogP contribution in [0.2, 0.25) is 0 Å². The molecule has 1 N–H and O–H groups in total. The molecule has 0 saturated heterocycles. The molecule has 0 fully saturated rings. The minimum absolute atomic E-state index is 0.125. The van der Waals surface area contributed by atoms with E-state index in [2.05, 4.69) is 15.3 Å². The highest BCUT2D eigenvalue weighted by Gasteiger charge is 2.07. The van der Waals surface area contributed by atoms with Crippen molar-refractivity contribution < 1.29 is 9.47 Å². The Bertz CT molecular complexity index is 1090. The summed E-state index contributed by atoms with van der Waals surface area (Å²) in [7, 11) is 0. The van der Waals surface area contributed by atoms with Gasteiger partial charge in [-0.3, -0.25) is 9.89 Å². The third-order valence-corrected chi connectivity index (χ3v) is 4.10. The van der Waals surface area contributed by atoms with Crippen molar-refractivity contribution in [1.82, 2.24) is 14.9 Å². The fraction of sp³-hybridized carbons (Fsp3) is 0.200. The molecule has 0 aliphatic rings. The van der Waals surface area contributed by atoms with Gasteiger partial charge in [0, 0.05) is 0 Å². The van der Waals surface area contributed by atoms with Crippen molar-refractivity contribution in [3.05, 3.63) is 80.5 Å². The first-order valence-corrected chi connectivity index (χ1v) is 9.15. The predicted octanol–water partition coefficient (Wildman–Crippen LogP) is 3.47. The van der Waals surface area contributed by atoms with Gasteiger partial charge in [-0.15, -0.1) is 0 Å². The minimum Gasteiger partial charge on any atom is -0.490 e. The van der Waals surface area contributed by atoms with Crippen molar-refractivity contribution in [3.63, 3.8) is 0 Å². The van der Waals surface area contributed by atoms with Gasteiger partial charge in [-0.2, -0.15) is 14.9 Å². The van der Waals surface area contributed by atoms with Gasteiger partial charge in [0.05, 0.1) is 12.8 Å². The van der Waals surface area contributed by atoms with Crippen LogP contribution in [0.4, 0.5) is 0 Å². The van der Waals surface area contributed by atoms with Crippen LogP contribution in [-0.4, -0.2) is 27.7 Å². The SMILES string of the molecule is CCOc1cc(/C=N\n2c(=S)[nH]nc(C)c2=O)ccc1OCc1ccccc1. The Morgan fingerprint density at radius 3 is 2.71 bits per heavy atom. The number of hydrogen-bond acceptors (Lipinski definition) is 6. The molecule has 1 heterocycles. The molecule has 2 aromatic carbocycles. The number of hydrogen-bond donors (Lipinski definition) is 1. The normalized spacial score (nSPS) is 10.9. The maximum Gasteiger partial charge on any atom is 0.296 e. The number of aromatic nitrogens is 3. The molecule has 0 radical (unpaired) electrons. The molecular weight excluding hydrogens is 376 g/mol. The van der Waals surface area contributed by atoms with Crippen molar-refractivity contribution >= 4 is 18.4 Å². The van der Waals surface area contributed by atoms with E-state index in [0.717, 1.165) is 15.8 Å². The van der Waals surface area contributed by atoms with E-state index in [1.807, 2.05) is 49.4 Å². The lowest BCUT2D eigenvalue weighted by atomic mass is 10.2. The molecule has 0 aliphatic carbocycles. The van der Waals surface area contributed by atoms with Crippen LogP contribution in [0.3, 0.4) is 0 Å². The Morgan fingerprint density at radius 1 is 1.18 bits per heavy atom. The predicted molar refractivity (Wildman–Crippen MR) is 110 cm³/mol. The van der Waals surface area contributed by atoms with E-state index in [1.54, 1.807) is 13.0 Å². The molecule has 0 saturated carbocycles. The summed E-state index contributed by atoms with van der Waals surface area (Å²) in [5.74, 6) is 1.24. The van der Waals surface area contributed by atoms with Gasteiger partial charge in [0.25, 0.3) is 5.56 Å². The first kappa shape index (κ1) is 19.5. The van der Waals surface area contributed by atoms with Crippen LogP contribution in [0.5, 0.6) is 11.5 Å². The lowest BCUT2D eigenvalue weighted by molar-refractivity contribution is 0.269. The Balaban J connectivity index is 1.83. The first-order chi connectivity index (χ1) is 13.6. The summed E-state index contributed by atoms with van der Waals surface area (Å²) in [6, 6.07) is 15.3. The van der Waals surface area contributed by atoms with E-state index < -0.39 is 0 Å². The molecular formula is C20H20N4O3S. The van der Waals surface area contributed by atoms with Gasteiger partial charge in [0.15, 0.2) is 11.5 Å². The van der Waals surface area contributed by atoms with Crippen molar-refractivity contribution in [3.8, 4) is 11.5 Å². The number of aryl methyl sites for hydroxylation is 1. The van der Waals surface area contributed by atoms with Crippen LogP contribution < -0.4 is 15.0 Å². The highest BCUT2D eigenvalue weighted by Crippen LogP contribution is 2.28. The van der Waals surface area contributed by atoms with E-state index in [0.29, 0.717) is 24.7 Å². The zero-order valence-electron chi connectivity index (χ0n) is 15.6. The zero-order chi connectivity index (χ0) is 19.9. The molecule has 1 aromatic heterocycles. The number of ether oxygens (including phenoxy) is 2. The highest BCUT2D eigenvalue weighted by molar-refractivity contribution is 7.71. The summed E-state index contributed by atoms with van der Waals surface area (Å²) in [5.41, 5.74) is 1.72. The van der Waals surface area contributed by atoms with Crippen LogP contribution in [0.1, 0.15) is 23.7 Å². The smallest absolute Gasteiger partial charge is 0.296 e. The van der Waals surface area contributed by atoms with Gasteiger partial charge in [0.2, 0.25) is 4.77 Å². The van der Waals surface area contributed by atoms with Crippen molar-refractivity contribution in [2.45, 2.75) is 20.5 Å². The Kier molecular flexibility index (Phi) is 6.33. The van der Waals surface area contributed by atoms with Crippen LogP contribution in [0.15, 0.2) is 58.4 Å². The van der Waals surface area contributed by atoms with Gasteiger partial charge in [-0.1, -0.05) is 30.3 Å². The topological polar surface area (TPSA) is 81.5 Å². The van der Waals surface area contributed by atoms with E-state index in [9.17, 15) is 4.79 Å². The number of benzene rings is 2. The number of nitrogens with zero attached hydrogens (tertiary/aromatic N) is 3. The van der Waals surface area contributed by atoms with Gasteiger partial charge >= 0.3 is 0 Å². The molecule has 0 spiro atoms. The molecule has 0 bridgehead atoms. The van der Waals surface area contributed by atoms with Gasteiger partial charge in [-0.05, 0) is 55.4 Å². The van der Waals surface area contributed by atoms with Crippen molar-refractivity contribution in [2.24, 2.45) is 5.10 Å². The number of H-pyrrole nitrogens is 1. The lowest BCUT2D eigenvalue weighted by Crippen LogP contribution is -2.22. The maximum absolute atomic E-state index is 12.1. The molecule has 3 aromatic rings. The average molecular weight is 396 g/mol. The second kappa shape index (κ2) is 9.09. The van der Waals surface area contributed by atoms with Crippen LogP contribution in [0, 0.1) is 11.7 Å². The third-order valence-electron chi connectivity index (χ3n) is 3.84.